The minimum atomic E-state index is 0.935. The van der Waals surface area contributed by atoms with Crippen molar-refractivity contribution in [2.45, 2.75) is 39.2 Å². The van der Waals surface area contributed by atoms with E-state index in [-0.39, 0.29) is 0 Å². The molecule has 0 unspecified atom stereocenters. The lowest BCUT2D eigenvalue weighted by Crippen LogP contribution is -2.25. The Labute approximate surface area is 91.9 Å². The lowest BCUT2D eigenvalue weighted by molar-refractivity contribution is 0.466. The number of hydrogen-bond donors (Lipinski definition) is 1. The van der Waals surface area contributed by atoms with Crippen LogP contribution in [0.25, 0.3) is 0 Å². The maximum absolute atomic E-state index is 4.36. The van der Waals surface area contributed by atoms with Crippen molar-refractivity contribution in [2.24, 2.45) is 5.92 Å². The Morgan fingerprint density at radius 2 is 2.27 bits per heavy atom. The van der Waals surface area contributed by atoms with Gasteiger partial charge >= 0.3 is 0 Å². The Kier molecular flexibility index (Phi) is 3.78. The maximum atomic E-state index is 4.36. The van der Waals surface area contributed by atoms with Crippen molar-refractivity contribution in [1.82, 2.24) is 15.1 Å². The van der Waals surface area contributed by atoms with Crippen molar-refractivity contribution in [2.75, 3.05) is 13.1 Å². The van der Waals surface area contributed by atoms with Crippen molar-refractivity contribution in [1.29, 1.82) is 0 Å². The molecule has 0 aromatic carbocycles. The van der Waals surface area contributed by atoms with Crippen molar-refractivity contribution in [3.8, 4) is 0 Å². The molecule has 1 aliphatic carbocycles. The van der Waals surface area contributed by atoms with E-state index in [2.05, 4.69) is 16.5 Å². The molecule has 84 valence electrons. The smallest absolute Gasteiger partial charge is 0.0593 e. The molecule has 1 aromatic heterocycles. The Hall–Kier alpha value is -0.830. The third kappa shape index (κ3) is 3.34. The average Bonchev–Trinajstić information content (AvgIpc) is 2.84. The molecule has 0 spiro atoms. The molecule has 1 heterocycles. The van der Waals surface area contributed by atoms with Gasteiger partial charge < -0.3 is 5.32 Å². The summed E-state index contributed by atoms with van der Waals surface area (Å²) in [6, 6.07) is 2.05. The molecular weight excluding hydrogens is 186 g/mol. The summed E-state index contributed by atoms with van der Waals surface area (Å²) in [5.41, 5.74) is 1.10. The molecule has 0 saturated heterocycles. The first kappa shape index (κ1) is 10.7. The first-order chi connectivity index (χ1) is 7.34. The van der Waals surface area contributed by atoms with Crippen LogP contribution in [0.2, 0.25) is 0 Å². The van der Waals surface area contributed by atoms with Crippen molar-refractivity contribution in [3.63, 3.8) is 0 Å². The van der Waals surface area contributed by atoms with E-state index >= 15 is 0 Å². The van der Waals surface area contributed by atoms with E-state index < -0.39 is 0 Å². The van der Waals surface area contributed by atoms with E-state index in [1.165, 1.54) is 32.2 Å². The molecule has 1 aliphatic rings. The Morgan fingerprint density at radius 3 is 2.93 bits per heavy atom. The molecule has 0 bridgehead atoms. The van der Waals surface area contributed by atoms with Crippen LogP contribution in [-0.2, 0) is 6.54 Å². The molecule has 0 aliphatic heterocycles. The summed E-state index contributed by atoms with van der Waals surface area (Å²) in [6.07, 6.45) is 7.77. The SMILES string of the molecule is Cc1ccn(CCNCC2CCCC2)n1. The van der Waals surface area contributed by atoms with Gasteiger partial charge in [0.05, 0.1) is 12.2 Å². The number of hydrogen-bond acceptors (Lipinski definition) is 2. The standard InChI is InChI=1S/C12H21N3/c1-11-6-8-15(14-11)9-7-13-10-12-4-2-3-5-12/h6,8,12-13H,2-5,7,9-10H2,1H3. The molecule has 3 nitrogen and oxygen atoms in total. The summed E-state index contributed by atoms with van der Waals surface area (Å²) in [6.45, 7) is 5.25. The summed E-state index contributed by atoms with van der Waals surface area (Å²) >= 11 is 0. The van der Waals surface area contributed by atoms with E-state index in [1.54, 1.807) is 0 Å². The fraction of sp³-hybridized carbons (Fsp3) is 0.750. The third-order valence-electron chi connectivity index (χ3n) is 3.20. The van der Waals surface area contributed by atoms with Crippen LogP contribution in [0, 0.1) is 12.8 Å². The summed E-state index contributed by atoms with van der Waals surface area (Å²) in [5, 5.41) is 7.88. The first-order valence-corrected chi connectivity index (χ1v) is 6.05. The lowest BCUT2D eigenvalue weighted by atomic mass is 10.1. The van der Waals surface area contributed by atoms with Gasteiger partial charge in [0, 0.05) is 12.7 Å². The summed E-state index contributed by atoms with van der Waals surface area (Å²) < 4.78 is 2.01. The van der Waals surface area contributed by atoms with Crippen molar-refractivity contribution >= 4 is 0 Å². The lowest BCUT2D eigenvalue weighted by Gasteiger charge is -2.10. The van der Waals surface area contributed by atoms with Crippen molar-refractivity contribution in [3.05, 3.63) is 18.0 Å². The predicted molar refractivity (Wildman–Crippen MR) is 61.8 cm³/mol. The van der Waals surface area contributed by atoms with Gasteiger partial charge in [-0.1, -0.05) is 12.8 Å². The van der Waals surface area contributed by atoms with Crippen LogP contribution in [0.1, 0.15) is 31.4 Å². The zero-order valence-corrected chi connectivity index (χ0v) is 9.58. The quantitative estimate of drug-likeness (QED) is 0.748. The summed E-state index contributed by atoms with van der Waals surface area (Å²) in [7, 11) is 0. The summed E-state index contributed by atoms with van der Waals surface area (Å²) in [4.78, 5) is 0. The highest BCUT2D eigenvalue weighted by atomic mass is 15.3. The van der Waals surface area contributed by atoms with E-state index in [1.807, 2.05) is 17.8 Å². The van der Waals surface area contributed by atoms with Gasteiger partial charge in [0.15, 0.2) is 0 Å². The van der Waals surface area contributed by atoms with Crippen LogP contribution in [0.3, 0.4) is 0 Å². The van der Waals surface area contributed by atoms with Gasteiger partial charge in [0.2, 0.25) is 0 Å². The molecule has 0 amide bonds. The summed E-state index contributed by atoms with van der Waals surface area (Å²) in [5.74, 6) is 0.935. The predicted octanol–water partition coefficient (Wildman–Crippen LogP) is 1.97. The van der Waals surface area contributed by atoms with Crippen LogP contribution < -0.4 is 5.32 Å². The van der Waals surface area contributed by atoms with Gasteiger partial charge in [0.25, 0.3) is 0 Å². The van der Waals surface area contributed by atoms with Gasteiger partial charge in [-0.3, -0.25) is 4.68 Å². The monoisotopic (exact) mass is 207 g/mol. The number of nitrogens with one attached hydrogen (secondary N) is 1. The van der Waals surface area contributed by atoms with E-state index in [9.17, 15) is 0 Å². The van der Waals surface area contributed by atoms with Crippen LogP contribution >= 0.6 is 0 Å². The Balaban J connectivity index is 1.58. The normalized spacial score (nSPS) is 17.4. The van der Waals surface area contributed by atoms with Gasteiger partial charge in [-0.2, -0.15) is 5.10 Å². The minimum Gasteiger partial charge on any atom is -0.315 e. The second-order valence-electron chi connectivity index (χ2n) is 4.57. The van der Waals surface area contributed by atoms with Gasteiger partial charge in [-0.05, 0) is 38.3 Å². The highest BCUT2D eigenvalue weighted by molar-refractivity contribution is 4.94. The van der Waals surface area contributed by atoms with Crippen LogP contribution in [-0.4, -0.2) is 22.9 Å². The average molecular weight is 207 g/mol. The van der Waals surface area contributed by atoms with E-state index in [0.29, 0.717) is 0 Å². The van der Waals surface area contributed by atoms with Gasteiger partial charge in [-0.15, -0.1) is 0 Å². The largest absolute Gasteiger partial charge is 0.315 e. The molecule has 3 heteroatoms. The highest BCUT2D eigenvalue weighted by Crippen LogP contribution is 2.23. The van der Waals surface area contributed by atoms with Crippen LogP contribution in [0.5, 0.6) is 0 Å². The minimum absolute atomic E-state index is 0.935. The van der Waals surface area contributed by atoms with Gasteiger partial charge in [0.1, 0.15) is 0 Å². The third-order valence-corrected chi connectivity index (χ3v) is 3.20. The molecule has 0 radical (unpaired) electrons. The van der Waals surface area contributed by atoms with Crippen LogP contribution in [0.15, 0.2) is 12.3 Å². The van der Waals surface area contributed by atoms with Crippen molar-refractivity contribution < 1.29 is 0 Å². The zero-order valence-electron chi connectivity index (χ0n) is 9.58. The Bertz CT molecular complexity index is 287. The van der Waals surface area contributed by atoms with Gasteiger partial charge in [-0.25, -0.2) is 0 Å². The topological polar surface area (TPSA) is 29.9 Å². The fourth-order valence-electron chi connectivity index (χ4n) is 2.30. The number of aryl methyl sites for hydroxylation is 1. The van der Waals surface area contributed by atoms with Crippen LogP contribution in [0.4, 0.5) is 0 Å². The number of rotatable bonds is 5. The molecule has 15 heavy (non-hydrogen) atoms. The Morgan fingerprint density at radius 1 is 1.47 bits per heavy atom. The number of nitrogens with zero attached hydrogens (tertiary/aromatic N) is 2. The zero-order chi connectivity index (χ0) is 10.5. The molecule has 1 aromatic rings. The molecule has 1 N–H and O–H groups in total. The number of aromatic nitrogens is 2. The highest BCUT2D eigenvalue weighted by Gasteiger charge is 2.13. The first-order valence-electron chi connectivity index (χ1n) is 6.05. The van der Waals surface area contributed by atoms with E-state index in [0.717, 1.165) is 24.7 Å². The molecule has 0 atom stereocenters. The van der Waals surface area contributed by atoms with E-state index in [4.69, 9.17) is 0 Å². The second kappa shape index (κ2) is 5.31. The second-order valence-corrected chi connectivity index (χ2v) is 4.57. The fourth-order valence-corrected chi connectivity index (χ4v) is 2.30. The molecule has 1 fully saturated rings. The maximum Gasteiger partial charge on any atom is 0.0593 e. The molecule has 1 saturated carbocycles. The molecular formula is C12H21N3. The molecule has 2 rings (SSSR count).